The summed E-state index contributed by atoms with van der Waals surface area (Å²) in [4.78, 5) is 0. The fourth-order valence-electron chi connectivity index (χ4n) is 2.02. The van der Waals surface area contributed by atoms with Gasteiger partial charge in [0.15, 0.2) is 0 Å². The van der Waals surface area contributed by atoms with E-state index < -0.39 is 17.1 Å². The van der Waals surface area contributed by atoms with E-state index >= 15 is 0 Å². The molecule has 1 heterocycles. The number of hydrogen-bond acceptors (Lipinski definition) is 4. The first-order valence-electron chi connectivity index (χ1n) is 5.69. The molecule has 0 aromatic heterocycles. The topological polar surface area (TPSA) is 53.7 Å². The number of anilines is 1. The zero-order valence-electron chi connectivity index (χ0n) is 10.7. The molecule has 1 aliphatic rings. The molecular formula is C10H18BNO3Si2. The van der Waals surface area contributed by atoms with Crippen molar-refractivity contribution in [2.24, 2.45) is 0 Å². The summed E-state index contributed by atoms with van der Waals surface area (Å²) in [5, 5.41) is 0. The van der Waals surface area contributed by atoms with Gasteiger partial charge in [0, 0.05) is 5.69 Å². The number of benzene rings is 1. The lowest BCUT2D eigenvalue weighted by Gasteiger charge is -2.42. The van der Waals surface area contributed by atoms with Gasteiger partial charge < -0.3 is 18.5 Å². The van der Waals surface area contributed by atoms with Crippen LogP contribution in [0.25, 0.3) is 0 Å². The standard InChI is InChI=1S/C10H18BNO3Si2/c1-16(2)13-11(14-17(3,4)15-16)9-6-5-7-10(12)8-9/h5-8H,12H2,1-4H3. The van der Waals surface area contributed by atoms with Crippen LogP contribution in [0.4, 0.5) is 5.69 Å². The van der Waals surface area contributed by atoms with Crippen LogP contribution in [-0.4, -0.2) is 24.2 Å². The van der Waals surface area contributed by atoms with E-state index in [4.69, 9.17) is 18.5 Å². The highest BCUT2D eigenvalue weighted by Gasteiger charge is 2.47. The van der Waals surface area contributed by atoms with E-state index in [0.29, 0.717) is 0 Å². The molecule has 0 bridgehead atoms. The van der Waals surface area contributed by atoms with Crippen LogP contribution in [0, 0.1) is 0 Å². The monoisotopic (exact) mass is 267 g/mol. The van der Waals surface area contributed by atoms with E-state index in [2.05, 4.69) is 0 Å². The molecule has 1 aliphatic heterocycles. The van der Waals surface area contributed by atoms with Crippen molar-refractivity contribution in [2.45, 2.75) is 26.2 Å². The van der Waals surface area contributed by atoms with Gasteiger partial charge in [-0.3, -0.25) is 0 Å². The molecule has 4 nitrogen and oxygen atoms in total. The van der Waals surface area contributed by atoms with E-state index in [1.54, 1.807) is 0 Å². The van der Waals surface area contributed by atoms with Gasteiger partial charge in [-0.1, -0.05) is 12.1 Å². The minimum atomic E-state index is -2.09. The van der Waals surface area contributed by atoms with Gasteiger partial charge in [0.1, 0.15) is 0 Å². The Morgan fingerprint density at radius 2 is 1.65 bits per heavy atom. The fraction of sp³-hybridized carbons (Fsp3) is 0.400. The van der Waals surface area contributed by atoms with Crippen LogP contribution in [0.3, 0.4) is 0 Å². The van der Waals surface area contributed by atoms with E-state index in [0.717, 1.165) is 11.2 Å². The van der Waals surface area contributed by atoms with Gasteiger partial charge in [0.25, 0.3) is 0 Å². The molecule has 0 amide bonds. The minimum absolute atomic E-state index is 0.337. The fourth-order valence-corrected chi connectivity index (χ4v) is 8.64. The highest BCUT2D eigenvalue weighted by molar-refractivity contribution is 6.90. The van der Waals surface area contributed by atoms with Crippen molar-refractivity contribution in [3.05, 3.63) is 24.3 Å². The lowest BCUT2D eigenvalue weighted by molar-refractivity contribution is 0.260. The molecule has 7 heteroatoms. The molecule has 0 saturated carbocycles. The third kappa shape index (κ3) is 3.20. The Kier molecular flexibility index (Phi) is 3.21. The largest absolute Gasteiger partial charge is 0.475 e. The molecular weight excluding hydrogens is 249 g/mol. The normalized spacial score (nSPS) is 22.5. The maximum absolute atomic E-state index is 5.95. The molecule has 1 aromatic rings. The first kappa shape index (κ1) is 12.8. The van der Waals surface area contributed by atoms with Gasteiger partial charge in [-0.15, -0.1) is 0 Å². The van der Waals surface area contributed by atoms with Crippen LogP contribution in [0.5, 0.6) is 0 Å². The SMILES string of the molecule is C[Si]1(C)OB(c2cccc(N)c2)O[Si](C)(C)O1. The second-order valence-corrected chi connectivity index (χ2v) is 12.0. The average Bonchev–Trinajstić information content (AvgIpc) is 2.12. The number of rotatable bonds is 1. The molecule has 0 spiro atoms. The summed E-state index contributed by atoms with van der Waals surface area (Å²) in [7, 11) is -4.52. The van der Waals surface area contributed by atoms with Crippen molar-refractivity contribution in [2.75, 3.05) is 5.73 Å². The maximum atomic E-state index is 5.95. The average molecular weight is 267 g/mol. The first-order chi connectivity index (χ1) is 7.77. The quantitative estimate of drug-likeness (QED) is 0.618. The van der Waals surface area contributed by atoms with Crippen LogP contribution in [0.2, 0.25) is 26.2 Å². The summed E-state index contributed by atoms with van der Waals surface area (Å²) in [5.41, 5.74) is 7.47. The Morgan fingerprint density at radius 3 is 2.18 bits per heavy atom. The molecule has 92 valence electrons. The summed E-state index contributed by atoms with van der Waals surface area (Å²) < 4.78 is 17.8. The minimum Gasteiger partial charge on any atom is -0.430 e. The zero-order chi connectivity index (χ0) is 12.7. The summed E-state index contributed by atoms with van der Waals surface area (Å²) in [5.74, 6) is 0. The van der Waals surface area contributed by atoms with Crippen LogP contribution in [0.1, 0.15) is 0 Å². The van der Waals surface area contributed by atoms with E-state index in [9.17, 15) is 0 Å². The Morgan fingerprint density at radius 1 is 1.06 bits per heavy atom. The van der Waals surface area contributed by atoms with Crippen LogP contribution in [-0.2, 0) is 12.8 Å². The lowest BCUT2D eigenvalue weighted by atomic mass is 9.80. The van der Waals surface area contributed by atoms with Gasteiger partial charge in [-0.05, 0) is 43.8 Å². The Balaban J connectivity index is 2.27. The van der Waals surface area contributed by atoms with Gasteiger partial charge in [0.2, 0.25) is 0 Å². The van der Waals surface area contributed by atoms with Crippen molar-refractivity contribution in [3.63, 3.8) is 0 Å². The summed E-state index contributed by atoms with van der Waals surface area (Å²) in [6.07, 6.45) is 0. The molecule has 1 aromatic carbocycles. The zero-order valence-corrected chi connectivity index (χ0v) is 12.7. The Labute approximate surface area is 105 Å². The second-order valence-electron chi connectivity index (χ2n) is 5.14. The van der Waals surface area contributed by atoms with Crippen LogP contribution in [0.15, 0.2) is 24.3 Å². The number of hydrogen-bond donors (Lipinski definition) is 1. The van der Waals surface area contributed by atoms with Crippen molar-refractivity contribution in [1.82, 2.24) is 0 Å². The van der Waals surface area contributed by atoms with Crippen molar-refractivity contribution in [3.8, 4) is 0 Å². The van der Waals surface area contributed by atoms with Crippen LogP contribution < -0.4 is 11.2 Å². The van der Waals surface area contributed by atoms with Gasteiger partial charge in [-0.2, -0.15) is 0 Å². The molecule has 2 N–H and O–H groups in total. The Bertz CT molecular complexity index is 412. The van der Waals surface area contributed by atoms with Gasteiger partial charge in [-0.25, -0.2) is 0 Å². The molecule has 1 saturated heterocycles. The predicted octanol–water partition coefficient (Wildman–Crippen LogP) is 1.43. The molecule has 1 fully saturated rings. The van der Waals surface area contributed by atoms with Crippen LogP contribution >= 0.6 is 0 Å². The first-order valence-corrected chi connectivity index (χ1v) is 11.3. The third-order valence-electron chi connectivity index (χ3n) is 2.46. The van der Waals surface area contributed by atoms with Crippen molar-refractivity contribution < 1.29 is 12.8 Å². The molecule has 17 heavy (non-hydrogen) atoms. The highest BCUT2D eigenvalue weighted by atomic mass is 28.5. The number of nitrogens with two attached hydrogens (primary N) is 1. The van der Waals surface area contributed by atoms with E-state index in [-0.39, 0.29) is 7.12 Å². The third-order valence-corrected chi connectivity index (χ3v) is 7.95. The van der Waals surface area contributed by atoms with Gasteiger partial charge in [0.05, 0.1) is 0 Å². The lowest BCUT2D eigenvalue weighted by Crippen LogP contribution is -2.63. The summed E-state index contributed by atoms with van der Waals surface area (Å²) in [6.45, 7) is 8.18. The van der Waals surface area contributed by atoms with Crippen molar-refractivity contribution in [1.29, 1.82) is 0 Å². The molecule has 0 unspecified atom stereocenters. The van der Waals surface area contributed by atoms with Gasteiger partial charge >= 0.3 is 24.2 Å². The summed E-state index contributed by atoms with van der Waals surface area (Å²) >= 11 is 0. The molecule has 0 atom stereocenters. The number of nitrogen functional groups attached to an aromatic ring is 1. The summed E-state index contributed by atoms with van der Waals surface area (Å²) in [6, 6.07) is 7.64. The molecule has 0 aliphatic carbocycles. The second kappa shape index (κ2) is 4.25. The molecule has 0 radical (unpaired) electrons. The predicted molar refractivity (Wildman–Crippen MR) is 74.5 cm³/mol. The maximum Gasteiger partial charge on any atom is 0.475 e. The van der Waals surface area contributed by atoms with E-state index in [1.807, 2.05) is 50.5 Å². The van der Waals surface area contributed by atoms with E-state index in [1.165, 1.54) is 0 Å². The Hall–Kier alpha value is -0.601. The smallest absolute Gasteiger partial charge is 0.430 e. The van der Waals surface area contributed by atoms with Crippen molar-refractivity contribution >= 4 is 35.4 Å². The highest BCUT2D eigenvalue weighted by Crippen LogP contribution is 2.24. The molecule has 2 rings (SSSR count).